The monoisotopic (exact) mass is 505 g/mol. The summed E-state index contributed by atoms with van der Waals surface area (Å²) in [5.74, 6) is -0.0925. The quantitative estimate of drug-likeness (QED) is 0.488. The minimum absolute atomic E-state index is 0.0995. The van der Waals surface area contributed by atoms with Gasteiger partial charge in [0.1, 0.15) is 11.8 Å². The van der Waals surface area contributed by atoms with Crippen LogP contribution in [0.3, 0.4) is 0 Å². The maximum Gasteiger partial charge on any atom is 0.254 e. The minimum Gasteiger partial charge on any atom is -0.497 e. The van der Waals surface area contributed by atoms with Gasteiger partial charge in [-0.15, -0.1) is 0 Å². The number of anilines is 2. The van der Waals surface area contributed by atoms with Gasteiger partial charge in [0.05, 0.1) is 13.5 Å². The van der Waals surface area contributed by atoms with E-state index in [0.29, 0.717) is 28.3 Å². The van der Waals surface area contributed by atoms with Crippen molar-refractivity contribution in [3.63, 3.8) is 0 Å². The summed E-state index contributed by atoms with van der Waals surface area (Å²) < 4.78 is 5.26. The van der Waals surface area contributed by atoms with E-state index in [-0.39, 0.29) is 24.1 Å². The molecule has 0 spiro atoms. The van der Waals surface area contributed by atoms with E-state index in [0.717, 1.165) is 5.56 Å². The Bertz CT molecular complexity index is 1300. The maximum absolute atomic E-state index is 13.6. The number of nitrogens with one attached hydrogen (secondary N) is 2. The second-order valence-corrected chi connectivity index (χ2v) is 13.7. The number of nitrogens with zero attached hydrogens (tertiary/aromatic N) is 1. The Kier molecular flexibility index (Phi) is 7.08. The summed E-state index contributed by atoms with van der Waals surface area (Å²) >= 11 is 0. The van der Waals surface area contributed by atoms with Gasteiger partial charge in [-0.05, 0) is 89.4 Å². The summed E-state index contributed by atoms with van der Waals surface area (Å²) in [5.41, 5.74) is 3.21. The van der Waals surface area contributed by atoms with Crippen molar-refractivity contribution < 1.29 is 19.1 Å². The van der Waals surface area contributed by atoms with Crippen molar-refractivity contribution in [3.8, 4) is 5.75 Å². The molecule has 188 valence electrons. The molecule has 3 aromatic carbocycles. The Balaban J connectivity index is 1.63. The molecule has 1 heterocycles. The van der Waals surface area contributed by atoms with E-state index < -0.39 is 16.1 Å². The average molecular weight is 506 g/mol. The zero-order valence-electron chi connectivity index (χ0n) is 21.1. The molecule has 0 aromatic heterocycles. The third kappa shape index (κ3) is 5.39. The van der Waals surface area contributed by atoms with E-state index >= 15 is 0 Å². The van der Waals surface area contributed by atoms with Crippen LogP contribution in [0.5, 0.6) is 5.75 Å². The molecule has 0 aliphatic carbocycles. The molecule has 0 saturated carbocycles. The van der Waals surface area contributed by atoms with Crippen LogP contribution in [0.15, 0.2) is 71.6 Å². The smallest absolute Gasteiger partial charge is 0.254 e. The standard InChI is InChI=1S/C28H31N3O4S/c1-31(28(34)19-8-15-24-20(16-19)17-25(32)30-24)26(18-6-11-22(35-2)12-7-18)27(33)29-21-9-13-23(14-10-21)36(3,4)5/h6-16,26H,17H2,1-5H3,(H,29,33)(H,30,32). The molecule has 1 unspecified atom stereocenters. The fourth-order valence-electron chi connectivity index (χ4n) is 4.18. The SMILES string of the molecule is COc1ccc(C(C(=O)Nc2ccc(S(C)(C)C)cc2)N(C)C(=O)c2ccc3c(c2)CC(=O)N3)cc1. The summed E-state index contributed by atoms with van der Waals surface area (Å²) in [6.45, 7) is 0. The van der Waals surface area contributed by atoms with E-state index in [2.05, 4.69) is 29.4 Å². The first-order chi connectivity index (χ1) is 17.1. The fourth-order valence-corrected chi connectivity index (χ4v) is 5.13. The van der Waals surface area contributed by atoms with Gasteiger partial charge in [0.2, 0.25) is 5.91 Å². The van der Waals surface area contributed by atoms with Crippen LogP contribution in [0, 0.1) is 0 Å². The molecule has 0 bridgehead atoms. The number of likely N-dealkylation sites (N-methyl/N-ethyl adjacent to an activating group) is 1. The molecule has 0 fully saturated rings. The zero-order valence-corrected chi connectivity index (χ0v) is 21.9. The summed E-state index contributed by atoms with van der Waals surface area (Å²) in [4.78, 5) is 41.5. The summed E-state index contributed by atoms with van der Waals surface area (Å²) in [6, 6.07) is 19.2. The normalized spacial score (nSPS) is 13.9. The molecule has 1 aliphatic rings. The first-order valence-corrected chi connectivity index (χ1v) is 14.4. The zero-order chi connectivity index (χ0) is 26.0. The van der Waals surface area contributed by atoms with Gasteiger partial charge in [-0.1, -0.05) is 12.1 Å². The minimum atomic E-state index is -0.885. The second-order valence-electron chi connectivity index (χ2n) is 9.54. The maximum atomic E-state index is 13.6. The topological polar surface area (TPSA) is 87.7 Å². The highest BCUT2D eigenvalue weighted by molar-refractivity contribution is 8.32. The lowest BCUT2D eigenvalue weighted by Gasteiger charge is -2.28. The Hall–Kier alpha value is -3.78. The van der Waals surface area contributed by atoms with E-state index in [9.17, 15) is 14.4 Å². The van der Waals surface area contributed by atoms with Crippen LogP contribution in [0.25, 0.3) is 0 Å². The lowest BCUT2D eigenvalue weighted by Crippen LogP contribution is -2.38. The molecular formula is C28H31N3O4S. The van der Waals surface area contributed by atoms with Gasteiger partial charge < -0.3 is 20.3 Å². The first-order valence-electron chi connectivity index (χ1n) is 11.5. The van der Waals surface area contributed by atoms with E-state index in [1.165, 1.54) is 9.80 Å². The van der Waals surface area contributed by atoms with Crippen molar-refractivity contribution in [3.05, 3.63) is 83.4 Å². The molecule has 0 saturated heterocycles. The van der Waals surface area contributed by atoms with Crippen LogP contribution in [0.1, 0.15) is 27.5 Å². The van der Waals surface area contributed by atoms with Crippen LogP contribution in [-0.4, -0.2) is 55.5 Å². The van der Waals surface area contributed by atoms with Crippen LogP contribution >= 0.6 is 10.0 Å². The van der Waals surface area contributed by atoms with E-state index in [1.54, 1.807) is 56.6 Å². The van der Waals surface area contributed by atoms with Crippen molar-refractivity contribution in [2.24, 2.45) is 0 Å². The van der Waals surface area contributed by atoms with Crippen molar-refractivity contribution >= 4 is 39.1 Å². The predicted molar refractivity (Wildman–Crippen MR) is 145 cm³/mol. The first kappa shape index (κ1) is 25.3. The Labute approximate surface area is 213 Å². The van der Waals surface area contributed by atoms with Crippen molar-refractivity contribution in [2.75, 3.05) is 43.6 Å². The van der Waals surface area contributed by atoms with Gasteiger partial charge in [-0.25, -0.2) is 10.0 Å². The van der Waals surface area contributed by atoms with E-state index in [4.69, 9.17) is 4.74 Å². The van der Waals surface area contributed by atoms with Crippen LogP contribution in [0.4, 0.5) is 11.4 Å². The molecule has 3 amide bonds. The third-order valence-electron chi connectivity index (χ3n) is 6.19. The average Bonchev–Trinajstić information content (AvgIpc) is 3.23. The molecular weight excluding hydrogens is 474 g/mol. The number of carbonyl (C=O) groups is 3. The van der Waals surface area contributed by atoms with Gasteiger partial charge in [-0.2, -0.15) is 0 Å². The summed E-state index contributed by atoms with van der Waals surface area (Å²) in [6.07, 6.45) is 6.87. The van der Waals surface area contributed by atoms with Crippen LogP contribution in [0.2, 0.25) is 0 Å². The van der Waals surface area contributed by atoms with Gasteiger partial charge in [0.25, 0.3) is 11.8 Å². The second kappa shape index (κ2) is 10.1. The highest BCUT2D eigenvalue weighted by atomic mass is 32.3. The lowest BCUT2D eigenvalue weighted by molar-refractivity contribution is -0.120. The number of hydrogen-bond acceptors (Lipinski definition) is 4. The Morgan fingerprint density at radius 3 is 2.28 bits per heavy atom. The fraction of sp³-hybridized carbons (Fsp3) is 0.250. The molecule has 36 heavy (non-hydrogen) atoms. The number of ether oxygens (including phenoxy) is 1. The van der Waals surface area contributed by atoms with Crippen molar-refractivity contribution in [1.29, 1.82) is 0 Å². The van der Waals surface area contributed by atoms with Crippen molar-refractivity contribution in [1.82, 2.24) is 4.90 Å². The number of fused-ring (bicyclic) bond motifs is 1. The Morgan fingerprint density at radius 1 is 1.00 bits per heavy atom. The van der Waals surface area contributed by atoms with Gasteiger partial charge in [0, 0.05) is 24.0 Å². The van der Waals surface area contributed by atoms with Gasteiger partial charge >= 0.3 is 0 Å². The summed E-state index contributed by atoms with van der Waals surface area (Å²) in [7, 11) is 2.31. The number of carbonyl (C=O) groups excluding carboxylic acids is 3. The van der Waals surface area contributed by atoms with Crippen molar-refractivity contribution in [2.45, 2.75) is 17.4 Å². The third-order valence-corrected chi connectivity index (χ3v) is 7.88. The highest BCUT2D eigenvalue weighted by Crippen LogP contribution is 2.45. The largest absolute Gasteiger partial charge is 0.497 e. The molecule has 1 atom stereocenters. The molecule has 7 nitrogen and oxygen atoms in total. The molecule has 3 aromatic rings. The van der Waals surface area contributed by atoms with Crippen LogP contribution < -0.4 is 15.4 Å². The highest BCUT2D eigenvalue weighted by Gasteiger charge is 2.30. The van der Waals surface area contributed by atoms with Gasteiger partial charge in [0.15, 0.2) is 0 Å². The number of methoxy groups -OCH3 is 1. The van der Waals surface area contributed by atoms with Gasteiger partial charge in [-0.3, -0.25) is 14.4 Å². The number of hydrogen-bond donors (Lipinski definition) is 2. The number of amides is 3. The molecule has 1 aliphatic heterocycles. The Morgan fingerprint density at radius 2 is 1.67 bits per heavy atom. The van der Waals surface area contributed by atoms with Crippen LogP contribution in [-0.2, 0) is 16.0 Å². The molecule has 8 heteroatoms. The van der Waals surface area contributed by atoms with E-state index in [1.807, 2.05) is 24.3 Å². The molecule has 4 rings (SSSR count). The molecule has 2 N–H and O–H groups in total. The summed E-state index contributed by atoms with van der Waals surface area (Å²) in [5, 5.41) is 5.75. The number of benzene rings is 3. The predicted octanol–water partition coefficient (Wildman–Crippen LogP) is 4.69. The molecule has 0 radical (unpaired) electrons. The number of rotatable bonds is 7. The lowest BCUT2D eigenvalue weighted by atomic mass is 10.0.